The largest absolute Gasteiger partial charge is 0.310 e. The van der Waals surface area contributed by atoms with Gasteiger partial charge in [-0.1, -0.05) is 13.0 Å². The molecule has 2 rings (SSSR count). The number of aromatic nitrogens is 3. The number of hydrogen-bond acceptors (Lipinski definition) is 3. The van der Waals surface area contributed by atoms with Crippen LogP contribution in [0.3, 0.4) is 0 Å². The molecule has 0 spiro atoms. The molecule has 0 aromatic carbocycles. The molecular weight excluding hydrogens is 236 g/mol. The first-order valence-corrected chi connectivity index (χ1v) is 6.83. The van der Waals surface area contributed by atoms with Crippen molar-refractivity contribution in [1.82, 2.24) is 20.1 Å². The molecule has 0 aliphatic rings. The molecule has 1 unspecified atom stereocenters. The molecule has 102 valence electrons. The lowest BCUT2D eigenvalue weighted by molar-refractivity contribution is 0.511. The highest BCUT2D eigenvalue weighted by atomic mass is 15.3. The third-order valence-corrected chi connectivity index (χ3v) is 3.24. The van der Waals surface area contributed by atoms with Gasteiger partial charge in [-0.25, -0.2) is 0 Å². The van der Waals surface area contributed by atoms with Gasteiger partial charge in [0.25, 0.3) is 0 Å². The smallest absolute Gasteiger partial charge is 0.0596 e. The Kier molecular flexibility index (Phi) is 4.68. The van der Waals surface area contributed by atoms with E-state index in [1.54, 1.807) is 0 Å². The van der Waals surface area contributed by atoms with E-state index < -0.39 is 0 Å². The highest BCUT2D eigenvalue weighted by Gasteiger charge is 2.14. The third kappa shape index (κ3) is 3.64. The van der Waals surface area contributed by atoms with Crippen molar-refractivity contribution in [2.45, 2.75) is 32.7 Å². The fourth-order valence-corrected chi connectivity index (χ4v) is 2.27. The molecule has 19 heavy (non-hydrogen) atoms. The molecule has 2 aromatic rings. The molecule has 0 aliphatic carbocycles. The SMILES string of the molecule is CCCNC(Cc1cc(C)nn1C)c1cccnc1. The number of nitrogens with zero attached hydrogens (tertiary/aromatic N) is 3. The summed E-state index contributed by atoms with van der Waals surface area (Å²) in [4.78, 5) is 4.22. The Balaban J connectivity index is 2.16. The molecule has 0 fully saturated rings. The summed E-state index contributed by atoms with van der Waals surface area (Å²) in [7, 11) is 2.00. The van der Waals surface area contributed by atoms with Crippen molar-refractivity contribution in [3.63, 3.8) is 0 Å². The Bertz CT molecular complexity index is 504. The first-order valence-electron chi connectivity index (χ1n) is 6.83. The van der Waals surface area contributed by atoms with E-state index in [1.165, 1.54) is 11.3 Å². The first kappa shape index (κ1) is 13.7. The Morgan fingerprint density at radius 2 is 2.26 bits per heavy atom. The van der Waals surface area contributed by atoms with Crippen LogP contribution in [0.4, 0.5) is 0 Å². The fraction of sp³-hybridized carbons (Fsp3) is 0.467. The molecule has 1 atom stereocenters. The number of rotatable bonds is 6. The lowest BCUT2D eigenvalue weighted by Gasteiger charge is -2.18. The molecule has 2 heterocycles. The zero-order valence-electron chi connectivity index (χ0n) is 11.9. The minimum absolute atomic E-state index is 0.295. The number of pyridine rings is 1. The molecule has 4 nitrogen and oxygen atoms in total. The summed E-state index contributed by atoms with van der Waals surface area (Å²) in [5, 5.41) is 8.00. The van der Waals surface area contributed by atoms with Crippen LogP contribution in [0.15, 0.2) is 30.6 Å². The molecule has 0 saturated heterocycles. The third-order valence-electron chi connectivity index (χ3n) is 3.24. The maximum Gasteiger partial charge on any atom is 0.0596 e. The highest BCUT2D eigenvalue weighted by molar-refractivity contribution is 5.18. The van der Waals surface area contributed by atoms with Crippen molar-refractivity contribution in [3.05, 3.63) is 47.5 Å². The van der Waals surface area contributed by atoms with Gasteiger partial charge < -0.3 is 5.32 Å². The van der Waals surface area contributed by atoms with Gasteiger partial charge in [-0.2, -0.15) is 5.10 Å². The van der Waals surface area contributed by atoms with Gasteiger partial charge in [0.2, 0.25) is 0 Å². The number of aryl methyl sites for hydroxylation is 2. The highest BCUT2D eigenvalue weighted by Crippen LogP contribution is 2.18. The summed E-state index contributed by atoms with van der Waals surface area (Å²) < 4.78 is 1.96. The Morgan fingerprint density at radius 3 is 2.84 bits per heavy atom. The molecule has 0 radical (unpaired) electrons. The van der Waals surface area contributed by atoms with Gasteiger partial charge in [0.15, 0.2) is 0 Å². The second-order valence-corrected chi connectivity index (χ2v) is 4.90. The number of hydrogen-bond donors (Lipinski definition) is 1. The summed E-state index contributed by atoms with van der Waals surface area (Å²) in [6, 6.07) is 6.56. The van der Waals surface area contributed by atoms with Gasteiger partial charge in [-0.05, 0) is 37.6 Å². The van der Waals surface area contributed by atoms with E-state index in [2.05, 4.69) is 34.5 Å². The summed E-state index contributed by atoms with van der Waals surface area (Å²) in [6.45, 7) is 5.22. The van der Waals surface area contributed by atoms with Crippen molar-refractivity contribution in [3.8, 4) is 0 Å². The predicted molar refractivity (Wildman–Crippen MR) is 76.9 cm³/mol. The summed E-state index contributed by atoms with van der Waals surface area (Å²) >= 11 is 0. The van der Waals surface area contributed by atoms with Crippen molar-refractivity contribution in [2.75, 3.05) is 6.54 Å². The molecular formula is C15H22N4. The second-order valence-electron chi connectivity index (χ2n) is 4.90. The van der Waals surface area contributed by atoms with Crippen molar-refractivity contribution < 1.29 is 0 Å². The van der Waals surface area contributed by atoms with Gasteiger partial charge in [0.05, 0.1) is 5.69 Å². The first-order chi connectivity index (χ1) is 9.20. The van der Waals surface area contributed by atoms with E-state index in [4.69, 9.17) is 0 Å². The van der Waals surface area contributed by atoms with Crippen LogP contribution in [0.25, 0.3) is 0 Å². The second kappa shape index (κ2) is 6.48. The summed E-state index contributed by atoms with van der Waals surface area (Å²) in [6.07, 6.45) is 5.81. The molecule has 0 amide bonds. The Labute approximate surface area is 114 Å². The van der Waals surface area contributed by atoms with E-state index in [1.807, 2.05) is 37.1 Å². The van der Waals surface area contributed by atoms with E-state index in [0.717, 1.165) is 25.1 Å². The lowest BCUT2D eigenvalue weighted by Crippen LogP contribution is -2.25. The number of nitrogens with one attached hydrogen (secondary N) is 1. The average molecular weight is 258 g/mol. The molecule has 2 aromatic heterocycles. The van der Waals surface area contributed by atoms with E-state index >= 15 is 0 Å². The minimum Gasteiger partial charge on any atom is -0.310 e. The minimum atomic E-state index is 0.295. The maximum absolute atomic E-state index is 4.41. The van der Waals surface area contributed by atoms with Crippen LogP contribution in [0.5, 0.6) is 0 Å². The fourth-order valence-electron chi connectivity index (χ4n) is 2.27. The van der Waals surface area contributed by atoms with Gasteiger partial charge in [-0.3, -0.25) is 9.67 Å². The van der Waals surface area contributed by atoms with Crippen LogP contribution in [0.1, 0.15) is 36.3 Å². The van der Waals surface area contributed by atoms with Gasteiger partial charge in [-0.15, -0.1) is 0 Å². The Hall–Kier alpha value is -1.68. The van der Waals surface area contributed by atoms with Gasteiger partial charge in [0.1, 0.15) is 0 Å². The standard InChI is InChI=1S/C15H22N4/c1-4-7-17-15(13-6-5-8-16-11-13)10-14-9-12(2)18-19(14)3/h5-6,8-9,11,15,17H,4,7,10H2,1-3H3. The maximum atomic E-state index is 4.41. The molecule has 4 heteroatoms. The van der Waals surface area contributed by atoms with E-state index in [0.29, 0.717) is 6.04 Å². The molecule has 0 bridgehead atoms. The van der Waals surface area contributed by atoms with Crippen molar-refractivity contribution in [1.29, 1.82) is 0 Å². The van der Waals surface area contributed by atoms with Crippen molar-refractivity contribution in [2.24, 2.45) is 7.05 Å². The lowest BCUT2D eigenvalue weighted by atomic mass is 10.0. The zero-order valence-corrected chi connectivity index (χ0v) is 11.9. The van der Waals surface area contributed by atoms with Crippen LogP contribution >= 0.6 is 0 Å². The summed E-state index contributed by atoms with van der Waals surface area (Å²) in [5.41, 5.74) is 3.54. The quantitative estimate of drug-likeness (QED) is 0.865. The normalized spacial score (nSPS) is 12.6. The predicted octanol–water partition coefficient (Wildman–Crippen LogP) is 2.41. The van der Waals surface area contributed by atoms with Crippen LogP contribution in [0, 0.1) is 6.92 Å². The van der Waals surface area contributed by atoms with Gasteiger partial charge >= 0.3 is 0 Å². The molecule has 0 aliphatic heterocycles. The monoisotopic (exact) mass is 258 g/mol. The zero-order chi connectivity index (χ0) is 13.7. The van der Waals surface area contributed by atoms with Gasteiger partial charge in [0, 0.05) is 37.6 Å². The molecule has 1 N–H and O–H groups in total. The van der Waals surface area contributed by atoms with Crippen LogP contribution in [-0.2, 0) is 13.5 Å². The van der Waals surface area contributed by atoms with Crippen LogP contribution in [-0.4, -0.2) is 21.3 Å². The van der Waals surface area contributed by atoms with Crippen molar-refractivity contribution >= 4 is 0 Å². The molecule has 0 saturated carbocycles. The summed E-state index contributed by atoms with van der Waals surface area (Å²) in [5.74, 6) is 0. The Morgan fingerprint density at radius 1 is 1.42 bits per heavy atom. The van der Waals surface area contributed by atoms with E-state index in [-0.39, 0.29) is 0 Å². The van der Waals surface area contributed by atoms with E-state index in [9.17, 15) is 0 Å². The average Bonchev–Trinajstić information content (AvgIpc) is 2.73. The van der Waals surface area contributed by atoms with Crippen LogP contribution in [0.2, 0.25) is 0 Å². The topological polar surface area (TPSA) is 42.7 Å². The van der Waals surface area contributed by atoms with Crippen LogP contribution < -0.4 is 5.32 Å².